The molecule has 8 nitrogen and oxygen atoms in total. The lowest BCUT2D eigenvalue weighted by Gasteiger charge is -2.09. The summed E-state index contributed by atoms with van der Waals surface area (Å²) in [7, 11) is 0. The molecule has 1 aromatic heterocycles. The lowest BCUT2D eigenvalue weighted by atomic mass is 10.1. The van der Waals surface area contributed by atoms with Crippen molar-refractivity contribution in [2.45, 2.75) is 18.9 Å². The second-order valence-electron chi connectivity index (χ2n) is 8.08. The number of fused-ring (bicyclic) bond motifs is 3. The Kier molecular flexibility index (Phi) is 5.86. The molecule has 34 heavy (non-hydrogen) atoms. The first-order valence-corrected chi connectivity index (χ1v) is 11.0. The fraction of sp³-hybridized carbons (Fsp3) is 0.192. The molecule has 8 heteroatoms. The Morgan fingerprint density at radius 1 is 0.882 bits per heavy atom. The highest BCUT2D eigenvalue weighted by Crippen LogP contribution is 2.31. The number of ether oxygens (including phenoxy) is 2. The van der Waals surface area contributed by atoms with Gasteiger partial charge in [-0.3, -0.25) is 9.59 Å². The van der Waals surface area contributed by atoms with Gasteiger partial charge in [-0.25, -0.2) is 4.79 Å². The lowest BCUT2D eigenvalue weighted by molar-refractivity contribution is -0.149. The first-order valence-electron chi connectivity index (χ1n) is 11.0. The number of para-hydroxylation sites is 1. The summed E-state index contributed by atoms with van der Waals surface area (Å²) in [5, 5.41) is 7.36. The van der Waals surface area contributed by atoms with E-state index in [-0.39, 0.29) is 18.6 Å². The van der Waals surface area contributed by atoms with Crippen LogP contribution in [0.5, 0.6) is 5.75 Å². The van der Waals surface area contributed by atoms with Crippen molar-refractivity contribution in [3.63, 3.8) is 0 Å². The minimum atomic E-state index is -0.676. The van der Waals surface area contributed by atoms with Crippen molar-refractivity contribution < 1.29 is 28.3 Å². The average Bonchev–Trinajstić information content (AvgIpc) is 3.59. The predicted octanol–water partition coefficient (Wildman–Crippen LogP) is 4.04. The maximum atomic E-state index is 12.2. The standard InChI is InChI=1S/C26H22N2O6/c29-24(27-18-5-3-4-16(12-18)26(31)28-17-8-9-17)14-33-25(30)15-32-19-10-11-23-21(13-19)20-6-1-2-7-22(20)34-23/h1-7,10-13,17H,8-9,14-15H2,(H,27,29)(H,28,31). The highest BCUT2D eigenvalue weighted by atomic mass is 16.6. The van der Waals surface area contributed by atoms with Crippen LogP contribution in [0.1, 0.15) is 23.2 Å². The van der Waals surface area contributed by atoms with E-state index >= 15 is 0 Å². The number of hydrogen-bond acceptors (Lipinski definition) is 6. The molecule has 0 aliphatic heterocycles. The minimum absolute atomic E-state index is 0.177. The number of hydrogen-bond donors (Lipinski definition) is 2. The van der Waals surface area contributed by atoms with Crippen LogP contribution < -0.4 is 15.4 Å². The second kappa shape index (κ2) is 9.27. The van der Waals surface area contributed by atoms with Gasteiger partial charge < -0.3 is 24.5 Å². The topological polar surface area (TPSA) is 107 Å². The van der Waals surface area contributed by atoms with Crippen LogP contribution in [-0.4, -0.2) is 37.0 Å². The number of carbonyl (C=O) groups is 3. The molecule has 1 aliphatic rings. The SMILES string of the molecule is O=C(COC(=O)COc1ccc2oc3ccccc3c2c1)Nc1cccc(C(=O)NC2CC2)c1. The summed E-state index contributed by atoms with van der Waals surface area (Å²) in [5.41, 5.74) is 2.40. The van der Waals surface area contributed by atoms with E-state index < -0.39 is 18.5 Å². The van der Waals surface area contributed by atoms with Gasteiger partial charge in [-0.2, -0.15) is 0 Å². The summed E-state index contributed by atoms with van der Waals surface area (Å²) in [4.78, 5) is 36.4. The summed E-state index contributed by atoms with van der Waals surface area (Å²) >= 11 is 0. The quantitative estimate of drug-likeness (QED) is 0.386. The van der Waals surface area contributed by atoms with Crippen LogP contribution >= 0.6 is 0 Å². The summed E-state index contributed by atoms with van der Waals surface area (Å²) in [5.74, 6) is -0.880. The van der Waals surface area contributed by atoms with Crippen LogP contribution in [-0.2, 0) is 14.3 Å². The molecule has 0 unspecified atom stereocenters. The van der Waals surface area contributed by atoms with Crippen LogP contribution in [0.25, 0.3) is 21.9 Å². The van der Waals surface area contributed by atoms with Crippen molar-refractivity contribution in [2.75, 3.05) is 18.5 Å². The molecule has 0 bridgehead atoms. The van der Waals surface area contributed by atoms with Gasteiger partial charge in [0.15, 0.2) is 13.2 Å². The molecule has 5 rings (SSSR count). The third-order valence-electron chi connectivity index (χ3n) is 5.39. The first kappa shape index (κ1) is 21.5. The van der Waals surface area contributed by atoms with E-state index in [1.807, 2.05) is 24.3 Å². The fourth-order valence-corrected chi connectivity index (χ4v) is 3.56. The van der Waals surface area contributed by atoms with E-state index in [1.165, 1.54) is 0 Å². The molecular weight excluding hydrogens is 436 g/mol. The molecule has 1 aliphatic carbocycles. The van der Waals surface area contributed by atoms with Crippen molar-refractivity contribution >= 4 is 45.4 Å². The Hall–Kier alpha value is -4.33. The Morgan fingerprint density at radius 2 is 1.71 bits per heavy atom. The van der Waals surface area contributed by atoms with Gasteiger partial charge in [0.1, 0.15) is 16.9 Å². The molecule has 3 aromatic carbocycles. The number of rotatable bonds is 8. The van der Waals surface area contributed by atoms with Crippen LogP contribution in [0.3, 0.4) is 0 Å². The second-order valence-corrected chi connectivity index (χ2v) is 8.08. The normalized spacial score (nSPS) is 12.9. The van der Waals surface area contributed by atoms with E-state index in [9.17, 15) is 14.4 Å². The van der Waals surface area contributed by atoms with Gasteiger partial charge in [0.2, 0.25) is 0 Å². The summed E-state index contributed by atoms with van der Waals surface area (Å²) in [6.07, 6.45) is 1.98. The van der Waals surface area contributed by atoms with E-state index in [4.69, 9.17) is 13.9 Å². The molecule has 1 fully saturated rings. The predicted molar refractivity (Wildman–Crippen MR) is 126 cm³/mol. The van der Waals surface area contributed by atoms with E-state index in [1.54, 1.807) is 42.5 Å². The summed E-state index contributed by atoms with van der Waals surface area (Å²) in [6.45, 7) is -0.808. The van der Waals surface area contributed by atoms with E-state index in [0.717, 1.165) is 34.8 Å². The number of anilines is 1. The number of carbonyl (C=O) groups excluding carboxylic acids is 3. The van der Waals surface area contributed by atoms with E-state index in [0.29, 0.717) is 17.0 Å². The zero-order chi connectivity index (χ0) is 23.5. The van der Waals surface area contributed by atoms with Crippen molar-refractivity contribution in [1.29, 1.82) is 0 Å². The molecule has 1 saturated carbocycles. The number of esters is 1. The van der Waals surface area contributed by atoms with Crippen LogP contribution in [0, 0.1) is 0 Å². The molecule has 0 atom stereocenters. The number of furan rings is 1. The van der Waals surface area contributed by atoms with Crippen LogP contribution in [0.4, 0.5) is 5.69 Å². The number of amides is 2. The molecule has 2 N–H and O–H groups in total. The van der Waals surface area contributed by atoms with Gasteiger partial charge in [0.05, 0.1) is 0 Å². The molecule has 0 saturated heterocycles. The minimum Gasteiger partial charge on any atom is -0.482 e. The van der Waals surface area contributed by atoms with Crippen molar-refractivity contribution in [2.24, 2.45) is 0 Å². The van der Waals surface area contributed by atoms with Gasteiger partial charge in [0, 0.05) is 28.1 Å². The third kappa shape index (κ3) is 5.01. The Morgan fingerprint density at radius 3 is 2.56 bits per heavy atom. The third-order valence-corrected chi connectivity index (χ3v) is 5.39. The molecule has 1 heterocycles. The lowest BCUT2D eigenvalue weighted by Crippen LogP contribution is -2.26. The van der Waals surface area contributed by atoms with Gasteiger partial charge >= 0.3 is 5.97 Å². The zero-order valence-corrected chi connectivity index (χ0v) is 18.2. The van der Waals surface area contributed by atoms with Crippen molar-refractivity contribution in [1.82, 2.24) is 5.32 Å². The van der Waals surface area contributed by atoms with Crippen molar-refractivity contribution in [3.8, 4) is 5.75 Å². The molecule has 172 valence electrons. The largest absolute Gasteiger partial charge is 0.482 e. The average molecular weight is 458 g/mol. The number of benzene rings is 3. The summed E-state index contributed by atoms with van der Waals surface area (Å²) in [6, 6.07) is 19.8. The maximum Gasteiger partial charge on any atom is 0.344 e. The monoisotopic (exact) mass is 458 g/mol. The zero-order valence-electron chi connectivity index (χ0n) is 18.2. The Labute approximate surface area is 194 Å². The Bertz CT molecular complexity index is 1390. The highest BCUT2D eigenvalue weighted by molar-refractivity contribution is 6.05. The smallest absolute Gasteiger partial charge is 0.344 e. The first-order chi connectivity index (χ1) is 16.5. The van der Waals surface area contributed by atoms with Gasteiger partial charge in [0.25, 0.3) is 11.8 Å². The number of nitrogens with one attached hydrogen (secondary N) is 2. The fourth-order valence-electron chi connectivity index (χ4n) is 3.56. The van der Waals surface area contributed by atoms with E-state index in [2.05, 4.69) is 10.6 Å². The van der Waals surface area contributed by atoms with Gasteiger partial charge in [-0.05, 0) is 55.3 Å². The van der Waals surface area contributed by atoms with Crippen molar-refractivity contribution in [3.05, 3.63) is 72.3 Å². The molecule has 0 radical (unpaired) electrons. The molecule has 2 amide bonds. The molecule has 0 spiro atoms. The molecular formula is C26H22N2O6. The highest BCUT2D eigenvalue weighted by Gasteiger charge is 2.23. The van der Waals surface area contributed by atoms with Crippen LogP contribution in [0.2, 0.25) is 0 Å². The van der Waals surface area contributed by atoms with Crippen LogP contribution in [0.15, 0.2) is 71.1 Å². The summed E-state index contributed by atoms with van der Waals surface area (Å²) < 4.78 is 16.3. The maximum absolute atomic E-state index is 12.2. The van der Waals surface area contributed by atoms with Gasteiger partial charge in [-0.1, -0.05) is 24.3 Å². The molecule has 4 aromatic rings. The Balaban J connectivity index is 1.11. The van der Waals surface area contributed by atoms with Gasteiger partial charge in [-0.15, -0.1) is 0 Å².